The van der Waals surface area contributed by atoms with Crippen LogP contribution in [0.25, 0.3) is 27.6 Å². The van der Waals surface area contributed by atoms with Gasteiger partial charge in [0.15, 0.2) is 0 Å². The smallest absolute Gasteiger partial charge is 0.137 e. The average Bonchev–Trinajstić information content (AvgIpc) is 3.04. The highest BCUT2D eigenvalue weighted by Gasteiger charge is 2.57. The SMILES string of the molecule is Cc1ccnc(-n2c3cc(O)ccc3c3ccc4c(c32)C(C)(C)C(C)(C)C4(C)C)c1. The Labute approximate surface area is 178 Å². The minimum Gasteiger partial charge on any atom is -0.508 e. The Balaban J connectivity index is 2.06. The van der Waals surface area contributed by atoms with E-state index in [0.717, 1.165) is 16.7 Å². The molecule has 154 valence electrons. The van der Waals surface area contributed by atoms with Gasteiger partial charge in [-0.15, -0.1) is 0 Å². The number of phenols is 1. The highest BCUT2D eigenvalue weighted by Crippen LogP contribution is 2.63. The second kappa shape index (κ2) is 5.66. The maximum atomic E-state index is 10.3. The third kappa shape index (κ3) is 2.13. The van der Waals surface area contributed by atoms with Crippen LogP contribution >= 0.6 is 0 Å². The van der Waals surface area contributed by atoms with E-state index in [1.807, 2.05) is 24.4 Å². The minimum absolute atomic E-state index is 0.0312. The Morgan fingerprint density at radius 2 is 1.53 bits per heavy atom. The number of aryl methyl sites for hydroxylation is 1. The van der Waals surface area contributed by atoms with Crippen LogP contribution in [0.3, 0.4) is 0 Å². The Morgan fingerprint density at radius 3 is 2.23 bits per heavy atom. The van der Waals surface area contributed by atoms with Crippen molar-refractivity contribution in [1.29, 1.82) is 0 Å². The molecule has 0 saturated heterocycles. The summed E-state index contributed by atoms with van der Waals surface area (Å²) in [7, 11) is 0. The molecule has 0 bridgehead atoms. The second-order valence-corrected chi connectivity index (χ2v) is 10.5. The number of aromatic nitrogens is 2. The molecule has 0 unspecified atom stereocenters. The summed E-state index contributed by atoms with van der Waals surface area (Å²) in [5, 5.41) is 12.7. The maximum Gasteiger partial charge on any atom is 0.137 e. The molecule has 0 atom stereocenters. The van der Waals surface area contributed by atoms with E-state index < -0.39 is 0 Å². The molecular formula is C27H30N2O. The molecular weight excluding hydrogens is 368 g/mol. The van der Waals surface area contributed by atoms with Gasteiger partial charge in [0, 0.05) is 23.0 Å². The van der Waals surface area contributed by atoms with Crippen LogP contribution < -0.4 is 0 Å². The van der Waals surface area contributed by atoms with Crippen LogP contribution in [0.2, 0.25) is 0 Å². The first-order valence-corrected chi connectivity index (χ1v) is 10.7. The number of fused-ring (bicyclic) bond motifs is 5. The van der Waals surface area contributed by atoms with Crippen LogP contribution in [0.4, 0.5) is 0 Å². The van der Waals surface area contributed by atoms with E-state index in [-0.39, 0.29) is 22.0 Å². The normalized spacial score (nSPS) is 18.8. The van der Waals surface area contributed by atoms with Gasteiger partial charge in [0.05, 0.1) is 11.0 Å². The number of rotatable bonds is 1. The van der Waals surface area contributed by atoms with E-state index in [0.29, 0.717) is 0 Å². The van der Waals surface area contributed by atoms with Gasteiger partial charge in [0.1, 0.15) is 11.6 Å². The summed E-state index contributed by atoms with van der Waals surface area (Å²) in [6.07, 6.45) is 1.87. The second-order valence-electron chi connectivity index (χ2n) is 10.5. The molecule has 2 heterocycles. The van der Waals surface area contributed by atoms with Crippen molar-refractivity contribution in [3.8, 4) is 11.6 Å². The van der Waals surface area contributed by atoms with E-state index in [1.165, 1.54) is 27.6 Å². The summed E-state index contributed by atoms with van der Waals surface area (Å²) >= 11 is 0. The highest BCUT2D eigenvalue weighted by molar-refractivity contribution is 6.11. The monoisotopic (exact) mass is 398 g/mol. The Kier molecular flexibility index (Phi) is 3.62. The van der Waals surface area contributed by atoms with Crippen LogP contribution in [-0.2, 0) is 10.8 Å². The van der Waals surface area contributed by atoms with Gasteiger partial charge in [-0.25, -0.2) is 4.98 Å². The summed E-state index contributed by atoms with van der Waals surface area (Å²) in [6, 6.07) is 14.4. The molecule has 0 radical (unpaired) electrons. The number of nitrogens with zero attached hydrogens (tertiary/aromatic N) is 2. The van der Waals surface area contributed by atoms with Crippen molar-refractivity contribution >= 4 is 21.8 Å². The number of benzene rings is 2. The van der Waals surface area contributed by atoms with Crippen molar-refractivity contribution in [2.24, 2.45) is 5.41 Å². The Hall–Kier alpha value is -2.81. The molecule has 1 aliphatic carbocycles. The van der Waals surface area contributed by atoms with Crippen LogP contribution in [0, 0.1) is 12.3 Å². The standard InChI is InChI=1S/C27H30N2O/c1-16-12-13-28-22(14-16)29-21-15-17(30)8-9-18(21)19-10-11-20-23(24(19)29)26(4,5)27(6,7)25(20,2)3/h8-15,30H,1-7H3. The summed E-state index contributed by atoms with van der Waals surface area (Å²) in [5.74, 6) is 1.17. The molecule has 3 heteroatoms. The van der Waals surface area contributed by atoms with Gasteiger partial charge in [-0.2, -0.15) is 0 Å². The first-order valence-electron chi connectivity index (χ1n) is 10.7. The number of pyridine rings is 1. The molecule has 0 fully saturated rings. The van der Waals surface area contributed by atoms with Crippen LogP contribution in [0.1, 0.15) is 58.2 Å². The van der Waals surface area contributed by atoms with Crippen LogP contribution in [-0.4, -0.2) is 14.7 Å². The molecule has 30 heavy (non-hydrogen) atoms. The molecule has 5 rings (SSSR count). The predicted molar refractivity (Wildman–Crippen MR) is 125 cm³/mol. The summed E-state index contributed by atoms with van der Waals surface area (Å²) in [4.78, 5) is 4.74. The van der Waals surface area contributed by atoms with Crippen molar-refractivity contribution in [3.05, 3.63) is 65.4 Å². The van der Waals surface area contributed by atoms with E-state index in [2.05, 4.69) is 71.2 Å². The molecule has 0 saturated carbocycles. The van der Waals surface area contributed by atoms with Gasteiger partial charge in [-0.05, 0) is 64.1 Å². The first-order chi connectivity index (χ1) is 14.0. The van der Waals surface area contributed by atoms with E-state index in [4.69, 9.17) is 4.98 Å². The highest BCUT2D eigenvalue weighted by atomic mass is 16.3. The van der Waals surface area contributed by atoms with E-state index in [1.54, 1.807) is 6.07 Å². The molecule has 2 aromatic carbocycles. The molecule has 2 aromatic heterocycles. The van der Waals surface area contributed by atoms with E-state index >= 15 is 0 Å². The third-order valence-electron chi connectivity index (χ3n) is 8.47. The van der Waals surface area contributed by atoms with Crippen molar-refractivity contribution in [1.82, 2.24) is 9.55 Å². The lowest BCUT2D eigenvalue weighted by molar-refractivity contribution is 0.125. The quantitative estimate of drug-likeness (QED) is 0.383. The number of hydrogen-bond acceptors (Lipinski definition) is 2. The fourth-order valence-corrected chi connectivity index (χ4v) is 5.56. The van der Waals surface area contributed by atoms with Crippen molar-refractivity contribution in [2.75, 3.05) is 0 Å². The zero-order valence-corrected chi connectivity index (χ0v) is 19.0. The van der Waals surface area contributed by atoms with Gasteiger partial charge in [0.25, 0.3) is 0 Å². The zero-order chi connectivity index (χ0) is 21.6. The average molecular weight is 399 g/mol. The largest absolute Gasteiger partial charge is 0.508 e. The summed E-state index contributed by atoms with van der Waals surface area (Å²) in [5.41, 5.74) is 6.25. The van der Waals surface area contributed by atoms with Gasteiger partial charge >= 0.3 is 0 Å². The number of aromatic hydroxyl groups is 1. The molecule has 4 aromatic rings. The van der Waals surface area contributed by atoms with Crippen LogP contribution in [0.15, 0.2) is 48.7 Å². The van der Waals surface area contributed by atoms with Crippen LogP contribution in [0.5, 0.6) is 5.75 Å². The van der Waals surface area contributed by atoms with Crippen molar-refractivity contribution in [2.45, 2.75) is 59.3 Å². The fraction of sp³-hybridized carbons (Fsp3) is 0.370. The van der Waals surface area contributed by atoms with Gasteiger partial charge in [-0.1, -0.05) is 53.7 Å². The summed E-state index contributed by atoms with van der Waals surface area (Å²) in [6.45, 7) is 16.4. The molecule has 0 aliphatic heterocycles. The number of hydrogen-bond donors (Lipinski definition) is 1. The molecule has 1 N–H and O–H groups in total. The molecule has 0 amide bonds. The van der Waals surface area contributed by atoms with Gasteiger partial charge < -0.3 is 5.11 Å². The zero-order valence-electron chi connectivity index (χ0n) is 19.0. The topological polar surface area (TPSA) is 38.0 Å². The van der Waals surface area contributed by atoms with Crippen molar-refractivity contribution in [3.63, 3.8) is 0 Å². The Bertz CT molecular complexity index is 1340. The lowest BCUT2D eigenvalue weighted by Crippen LogP contribution is -2.42. The maximum absolute atomic E-state index is 10.3. The van der Waals surface area contributed by atoms with Gasteiger partial charge in [0.2, 0.25) is 0 Å². The first kappa shape index (κ1) is 19.2. The third-order valence-corrected chi connectivity index (χ3v) is 8.47. The molecule has 1 aliphatic rings. The minimum atomic E-state index is -0.0384. The van der Waals surface area contributed by atoms with Gasteiger partial charge in [-0.3, -0.25) is 4.57 Å². The Morgan fingerprint density at radius 1 is 0.833 bits per heavy atom. The van der Waals surface area contributed by atoms with Crippen molar-refractivity contribution < 1.29 is 5.11 Å². The lowest BCUT2D eigenvalue weighted by Gasteiger charge is -2.44. The molecule has 3 nitrogen and oxygen atoms in total. The number of phenolic OH excluding ortho intramolecular Hbond substituents is 1. The summed E-state index contributed by atoms with van der Waals surface area (Å²) < 4.78 is 2.26. The lowest BCUT2D eigenvalue weighted by atomic mass is 9.59. The molecule has 0 spiro atoms. The fourth-order valence-electron chi connectivity index (χ4n) is 5.56. The van der Waals surface area contributed by atoms with E-state index in [9.17, 15) is 5.11 Å². The predicted octanol–water partition coefficient (Wildman–Crippen LogP) is 6.79.